The minimum absolute atomic E-state index is 0.0261. The highest BCUT2D eigenvalue weighted by molar-refractivity contribution is 5.93. The van der Waals surface area contributed by atoms with Crippen LogP contribution in [0.25, 0.3) is 0 Å². The first kappa shape index (κ1) is 17.4. The summed E-state index contributed by atoms with van der Waals surface area (Å²) in [5, 5.41) is 6.15. The summed E-state index contributed by atoms with van der Waals surface area (Å²) in [4.78, 5) is 27.1. The van der Waals surface area contributed by atoms with Gasteiger partial charge >= 0.3 is 0 Å². The Kier molecular flexibility index (Phi) is 5.14. The molecule has 1 aromatic rings. The molecule has 3 fully saturated rings. The monoisotopic (exact) mass is 355 g/mol. The molecule has 140 valence electrons. The van der Waals surface area contributed by atoms with E-state index in [1.807, 2.05) is 12.1 Å². The molecule has 1 heterocycles. The van der Waals surface area contributed by atoms with E-state index in [4.69, 9.17) is 0 Å². The van der Waals surface area contributed by atoms with E-state index in [9.17, 15) is 9.59 Å². The number of carbonyl (C=O) groups excluding carboxylic acids is 2. The average Bonchev–Trinajstić information content (AvgIpc) is 3.31. The Morgan fingerprint density at radius 3 is 1.96 bits per heavy atom. The number of hydrogen-bond acceptors (Lipinski definition) is 3. The molecule has 4 rings (SSSR count). The lowest BCUT2D eigenvalue weighted by Gasteiger charge is -2.27. The molecule has 2 amide bonds. The fraction of sp³-hybridized carbons (Fsp3) is 0.619. The van der Waals surface area contributed by atoms with Gasteiger partial charge in [-0.3, -0.25) is 9.59 Å². The minimum Gasteiger partial charge on any atom is -0.372 e. The van der Waals surface area contributed by atoms with Crippen molar-refractivity contribution in [1.29, 1.82) is 0 Å². The lowest BCUT2D eigenvalue weighted by Crippen LogP contribution is -2.36. The molecule has 2 aliphatic carbocycles. The summed E-state index contributed by atoms with van der Waals surface area (Å²) in [6, 6.07) is 8.62. The predicted octanol–water partition coefficient (Wildman–Crippen LogP) is 3.31. The minimum atomic E-state index is 0.0261. The van der Waals surface area contributed by atoms with Crippen LogP contribution in [-0.4, -0.2) is 30.9 Å². The molecule has 0 aromatic heterocycles. The number of amides is 2. The van der Waals surface area contributed by atoms with Gasteiger partial charge in [-0.15, -0.1) is 0 Å². The van der Waals surface area contributed by atoms with Crippen molar-refractivity contribution in [2.24, 2.45) is 11.8 Å². The van der Waals surface area contributed by atoms with Gasteiger partial charge in [-0.05, 0) is 75.6 Å². The second-order valence-electron chi connectivity index (χ2n) is 8.06. The molecule has 2 saturated carbocycles. The summed E-state index contributed by atoms with van der Waals surface area (Å²) in [6.07, 6.45) is 8.04. The Bertz CT molecular complexity index is 640. The van der Waals surface area contributed by atoms with Crippen LogP contribution in [0.2, 0.25) is 0 Å². The van der Waals surface area contributed by atoms with Crippen LogP contribution in [0.1, 0.15) is 51.4 Å². The van der Waals surface area contributed by atoms with Crippen LogP contribution in [0.4, 0.5) is 11.4 Å². The Morgan fingerprint density at radius 2 is 1.38 bits per heavy atom. The van der Waals surface area contributed by atoms with Crippen molar-refractivity contribution >= 4 is 23.2 Å². The summed E-state index contributed by atoms with van der Waals surface area (Å²) in [5.41, 5.74) is 2.11. The highest BCUT2D eigenvalue weighted by Crippen LogP contribution is 2.31. The van der Waals surface area contributed by atoms with Crippen LogP contribution < -0.4 is 15.5 Å². The lowest BCUT2D eigenvalue weighted by atomic mass is 9.81. The SMILES string of the molecule is O=C(Nc1ccc(N2CCCC2)cc1)C1CCC(C(=O)NC2CC2)CC1. The van der Waals surface area contributed by atoms with E-state index in [0.29, 0.717) is 6.04 Å². The molecule has 0 spiro atoms. The predicted molar refractivity (Wildman–Crippen MR) is 103 cm³/mol. The molecule has 1 aliphatic heterocycles. The summed E-state index contributed by atoms with van der Waals surface area (Å²) in [5.74, 6) is 0.418. The summed E-state index contributed by atoms with van der Waals surface area (Å²) in [6.45, 7) is 2.26. The Hall–Kier alpha value is -2.04. The van der Waals surface area contributed by atoms with E-state index < -0.39 is 0 Å². The maximum Gasteiger partial charge on any atom is 0.227 e. The first-order chi connectivity index (χ1) is 12.7. The van der Waals surface area contributed by atoms with Gasteiger partial charge in [-0.25, -0.2) is 0 Å². The van der Waals surface area contributed by atoms with Gasteiger partial charge in [0, 0.05) is 42.3 Å². The van der Waals surface area contributed by atoms with E-state index in [2.05, 4.69) is 27.7 Å². The number of carbonyl (C=O) groups is 2. The normalized spacial score (nSPS) is 25.8. The van der Waals surface area contributed by atoms with Crippen molar-refractivity contribution in [3.05, 3.63) is 24.3 Å². The zero-order valence-corrected chi connectivity index (χ0v) is 15.4. The molecule has 5 nitrogen and oxygen atoms in total. The van der Waals surface area contributed by atoms with Crippen LogP contribution in [-0.2, 0) is 9.59 Å². The molecule has 26 heavy (non-hydrogen) atoms. The van der Waals surface area contributed by atoms with Crippen LogP contribution in [0.15, 0.2) is 24.3 Å². The van der Waals surface area contributed by atoms with Gasteiger partial charge in [0.25, 0.3) is 0 Å². The maximum atomic E-state index is 12.6. The Labute approximate surface area is 155 Å². The molecule has 1 aromatic carbocycles. The van der Waals surface area contributed by atoms with Gasteiger partial charge in [0.2, 0.25) is 11.8 Å². The standard InChI is InChI=1S/C21H29N3O2/c25-20(22-17-7-8-17)15-3-5-16(6-4-15)21(26)23-18-9-11-19(12-10-18)24-13-1-2-14-24/h9-12,15-17H,1-8,13-14H2,(H,22,25)(H,23,26). The van der Waals surface area contributed by atoms with Crippen molar-refractivity contribution in [2.45, 2.75) is 57.4 Å². The molecular formula is C21H29N3O2. The molecule has 2 N–H and O–H groups in total. The molecular weight excluding hydrogens is 326 g/mol. The van der Waals surface area contributed by atoms with E-state index in [1.54, 1.807) is 0 Å². The third-order valence-corrected chi connectivity index (χ3v) is 6.00. The second kappa shape index (κ2) is 7.68. The molecule has 3 aliphatic rings. The van der Waals surface area contributed by atoms with Gasteiger partial charge in [-0.1, -0.05) is 0 Å². The fourth-order valence-electron chi connectivity index (χ4n) is 4.14. The van der Waals surface area contributed by atoms with Crippen molar-refractivity contribution in [1.82, 2.24) is 5.32 Å². The van der Waals surface area contributed by atoms with Gasteiger partial charge in [-0.2, -0.15) is 0 Å². The van der Waals surface area contributed by atoms with Crippen LogP contribution in [0, 0.1) is 11.8 Å². The lowest BCUT2D eigenvalue weighted by molar-refractivity contribution is -0.128. The van der Waals surface area contributed by atoms with Gasteiger partial charge in [0.15, 0.2) is 0 Å². The summed E-state index contributed by atoms with van der Waals surface area (Å²) in [7, 11) is 0. The Morgan fingerprint density at radius 1 is 0.808 bits per heavy atom. The molecule has 1 saturated heterocycles. The average molecular weight is 355 g/mol. The number of anilines is 2. The first-order valence-corrected chi connectivity index (χ1v) is 10.2. The van der Waals surface area contributed by atoms with Crippen molar-refractivity contribution in [3.8, 4) is 0 Å². The molecule has 0 unspecified atom stereocenters. The topological polar surface area (TPSA) is 61.4 Å². The van der Waals surface area contributed by atoms with E-state index in [1.165, 1.54) is 18.5 Å². The zero-order chi connectivity index (χ0) is 17.9. The molecule has 5 heteroatoms. The number of benzene rings is 1. The Balaban J connectivity index is 1.25. The van der Waals surface area contributed by atoms with Crippen LogP contribution >= 0.6 is 0 Å². The number of rotatable bonds is 5. The van der Waals surface area contributed by atoms with Crippen molar-refractivity contribution in [2.75, 3.05) is 23.3 Å². The highest BCUT2D eigenvalue weighted by atomic mass is 16.2. The smallest absolute Gasteiger partial charge is 0.227 e. The molecule has 0 radical (unpaired) electrons. The third-order valence-electron chi connectivity index (χ3n) is 6.00. The van der Waals surface area contributed by atoms with Crippen LogP contribution in [0.3, 0.4) is 0 Å². The molecule has 0 atom stereocenters. The van der Waals surface area contributed by atoms with E-state index in [-0.39, 0.29) is 23.7 Å². The number of nitrogens with one attached hydrogen (secondary N) is 2. The van der Waals surface area contributed by atoms with Gasteiger partial charge in [0.1, 0.15) is 0 Å². The van der Waals surface area contributed by atoms with Crippen molar-refractivity contribution < 1.29 is 9.59 Å². The number of nitrogens with zero attached hydrogens (tertiary/aromatic N) is 1. The van der Waals surface area contributed by atoms with Crippen molar-refractivity contribution in [3.63, 3.8) is 0 Å². The highest BCUT2D eigenvalue weighted by Gasteiger charge is 2.32. The van der Waals surface area contributed by atoms with E-state index in [0.717, 1.165) is 57.3 Å². The molecule has 0 bridgehead atoms. The zero-order valence-electron chi connectivity index (χ0n) is 15.4. The number of hydrogen-bond donors (Lipinski definition) is 2. The fourth-order valence-corrected chi connectivity index (χ4v) is 4.14. The van der Waals surface area contributed by atoms with Gasteiger partial charge in [0.05, 0.1) is 0 Å². The summed E-state index contributed by atoms with van der Waals surface area (Å²) < 4.78 is 0. The second-order valence-corrected chi connectivity index (χ2v) is 8.06. The third kappa shape index (κ3) is 4.19. The quantitative estimate of drug-likeness (QED) is 0.852. The van der Waals surface area contributed by atoms with Crippen LogP contribution in [0.5, 0.6) is 0 Å². The first-order valence-electron chi connectivity index (χ1n) is 10.2. The van der Waals surface area contributed by atoms with Gasteiger partial charge < -0.3 is 15.5 Å². The maximum absolute atomic E-state index is 12.6. The summed E-state index contributed by atoms with van der Waals surface area (Å²) >= 11 is 0. The largest absolute Gasteiger partial charge is 0.372 e. The van der Waals surface area contributed by atoms with E-state index >= 15 is 0 Å².